The molecule has 4 nitrogen and oxygen atoms in total. The van der Waals surface area contributed by atoms with Crippen LogP contribution in [0.15, 0.2) is 0 Å². The molecule has 0 saturated carbocycles. The van der Waals surface area contributed by atoms with Crippen LogP contribution >= 0.6 is 6.72 Å². The van der Waals surface area contributed by atoms with Crippen LogP contribution < -0.4 is 0 Å². The van der Waals surface area contributed by atoms with Gasteiger partial charge in [-0.25, -0.2) is 0 Å². The number of hydrogen-bond acceptors (Lipinski definition) is 1. The summed E-state index contributed by atoms with van der Waals surface area (Å²) in [4.78, 5) is 24.2. The molecule has 0 aliphatic carbocycles. The van der Waals surface area contributed by atoms with Crippen LogP contribution in [0.25, 0.3) is 0 Å². The van der Waals surface area contributed by atoms with E-state index in [4.69, 9.17) is 14.7 Å². The highest BCUT2D eigenvalue weighted by Gasteiger charge is 2.19. The van der Waals surface area contributed by atoms with Crippen molar-refractivity contribution in [1.82, 2.24) is 0 Å². The minimum Gasteiger partial charge on any atom is -0.287 e. The molecule has 0 aliphatic heterocycles. The van der Waals surface area contributed by atoms with Gasteiger partial charge in [0.05, 0.1) is 0 Å². The molecule has 0 heterocycles. The Balaban J connectivity index is 3.73. The number of rotatable bonds is 1. The lowest BCUT2D eigenvalue weighted by atomic mass is 11.8. The zero-order valence-electron chi connectivity index (χ0n) is 3.61. The van der Waals surface area contributed by atoms with Crippen LogP contribution in [0.3, 0.4) is 0 Å². The van der Waals surface area contributed by atoms with Crippen molar-refractivity contribution in [2.24, 2.45) is 0 Å². The van der Waals surface area contributed by atoms with Crippen LogP contribution in [-0.4, -0.2) is 21.8 Å². The standard InChI is InChI=1S/CH6O4PS/c1-5-7-6(2,3)4/h2-4H,1H3/q+1. The second-order valence-electron chi connectivity index (χ2n) is 0.754. The zero-order valence-corrected chi connectivity index (χ0v) is 5.32. The van der Waals surface area contributed by atoms with E-state index in [0.717, 1.165) is 0 Å². The van der Waals surface area contributed by atoms with Gasteiger partial charge in [-0.05, 0) is 0 Å². The van der Waals surface area contributed by atoms with Crippen molar-refractivity contribution >= 4 is 17.9 Å². The summed E-state index contributed by atoms with van der Waals surface area (Å²) in [7, 11) is 1.24. The summed E-state index contributed by atoms with van der Waals surface area (Å²) in [6.45, 7) is -3.72. The minimum absolute atomic E-state index is 0.266. The first-order chi connectivity index (χ1) is 3.06. The maximum absolute atomic E-state index is 8.08. The summed E-state index contributed by atoms with van der Waals surface area (Å²) < 4.78 is 4.12. The van der Waals surface area contributed by atoms with E-state index in [1.165, 1.54) is 7.11 Å². The molecule has 44 valence electrons. The normalized spacial score (nSPS) is 11.4. The van der Waals surface area contributed by atoms with E-state index in [0.29, 0.717) is 0 Å². The number of hydrogen-bond donors (Lipinski definition) is 3. The van der Waals surface area contributed by atoms with Crippen LogP contribution in [0.5, 0.6) is 0 Å². The monoisotopic (exact) mass is 145 g/mol. The molecule has 0 rings (SSSR count). The van der Waals surface area contributed by atoms with Crippen molar-refractivity contribution in [3.8, 4) is 0 Å². The van der Waals surface area contributed by atoms with Crippen molar-refractivity contribution in [2.75, 3.05) is 7.11 Å². The fourth-order valence-corrected chi connectivity index (χ4v) is 0.900. The topological polar surface area (TPSA) is 69.9 Å². The van der Waals surface area contributed by atoms with E-state index in [9.17, 15) is 0 Å². The Kier molecular flexibility index (Phi) is 2.90. The Morgan fingerprint density at radius 1 is 1.43 bits per heavy atom. The molecular formula is CH6O4PS+. The molecule has 0 bridgehead atoms. The minimum atomic E-state index is -3.72. The third kappa shape index (κ3) is 6.49. The summed E-state index contributed by atoms with van der Waals surface area (Å²) in [5.74, 6) is 0. The SMILES string of the molecule is CO[S+]=P(O)(O)O. The Morgan fingerprint density at radius 2 is 1.86 bits per heavy atom. The highest BCUT2D eigenvalue weighted by atomic mass is 32.5. The van der Waals surface area contributed by atoms with Crippen LogP contribution in [0, 0.1) is 0 Å². The van der Waals surface area contributed by atoms with Crippen molar-refractivity contribution in [3.63, 3.8) is 0 Å². The fourth-order valence-electron chi connectivity index (χ4n) is 0.100. The van der Waals surface area contributed by atoms with Crippen LogP contribution in [0.4, 0.5) is 0 Å². The smallest absolute Gasteiger partial charge is 0.287 e. The van der Waals surface area contributed by atoms with Gasteiger partial charge in [-0.2, -0.15) is 0 Å². The lowest BCUT2D eigenvalue weighted by Gasteiger charge is -1.79. The molecule has 0 aromatic rings. The van der Waals surface area contributed by atoms with Crippen LogP contribution in [-0.2, 0) is 15.4 Å². The first kappa shape index (κ1) is 7.49. The Morgan fingerprint density at radius 3 is 1.86 bits per heavy atom. The molecule has 0 saturated heterocycles. The van der Waals surface area contributed by atoms with Crippen LogP contribution in [0.1, 0.15) is 0 Å². The largest absolute Gasteiger partial charge is 0.560 e. The highest BCUT2D eigenvalue weighted by Crippen LogP contribution is 2.30. The molecule has 0 aromatic carbocycles. The maximum atomic E-state index is 8.08. The van der Waals surface area contributed by atoms with E-state index >= 15 is 0 Å². The summed E-state index contributed by atoms with van der Waals surface area (Å²) in [6, 6.07) is 0. The van der Waals surface area contributed by atoms with Crippen molar-refractivity contribution in [3.05, 3.63) is 0 Å². The third-order valence-electron chi connectivity index (χ3n) is 0.175. The molecule has 6 heteroatoms. The van der Waals surface area contributed by atoms with Gasteiger partial charge in [0.15, 0.2) is 0 Å². The van der Waals surface area contributed by atoms with Gasteiger partial charge in [-0.3, -0.25) is 14.7 Å². The van der Waals surface area contributed by atoms with Crippen molar-refractivity contribution < 1.29 is 18.9 Å². The van der Waals surface area contributed by atoms with Crippen molar-refractivity contribution in [2.45, 2.75) is 0 Å². The highest BCUT2D eigenvalue weighted by molar-refractivity contribution is 8.13. The predicted molar refractivity (Wildman–Crippen MR) is 28.0 cm³/mol. The van der Waals surface area contributed by atoms with E-state index in [1.807, 2.05) is 0 Å². The lowest BCUT2D eigenvalue weighted by Crippen LogP contribution is -1.77. The Hall–Kier alpha value is 0.490. The first-order valence-corrected chi connectivity index (χ1v) is 4.35. The molecule has 0 fully saturated rings. The molecule has 0 unspecified atom stereocenters. The molecule has 0 amide bonds. The molecule has 0 aliphatic rings. The summed E-state index contributed by atoms with van der Waals surface area (Å²) in [5, 5.41) is 0. The molecule has 0 aromatic heterocycles. The third-order valence-corrected chi connectivity index (χ3v) is 1.57. The molecule has 0 spiro atoms. The molecule has 0 atom stereocenters. The van der Waals surface area contributed by atoms with Gasteiger partial charge in [-0.1, -0.05) is 0 Å². The van der Waals surface area contributed by atoms with Gasteiger partial charge in [0.25, 0.3) is 0 Å². The van der Waals surface area contributed by atoms with E-state index in [2.05, 4.69) is 4.18 Å². The molecular weight excluding hydrogens is 139 g/mol. The van der Waals surface area contributed by atoms with Gasteiger partial charge in [0, 0.05) is 0 Å². The second-order valence-corrected chi connectivity index (χ2v) is 4.18. The van der Waals surface area contributed by atoms with E-state index < -0.39 is 6.72 Å². The summed E-state index contributed by atoms with van der Waals surface area (Å²) in [6.07, 6.45) is 0. The summed E-state index contributed by atoms with van der Waals surface area (Å²) in [5.41, 5.74) is 0. The first-order valence-electron chi connectivity index (χ1n) is 1.36. The average Bonchev–Trinajstić information content (AvgIpc) is 1.30. The fraction of sp³-hybridized carbons (Fsp3) is 1.00. The molecule has 7 heavy (non-hydrogen) atoms. The van der Waals surface area contributed by atoms with Gasteiger partial charge in [0.2, 0.25) is 0 Å². The van der Waals surface area contributed by atoms with Crippen molar-refractivity contribution in [1.29, 1.82) is 0 Å². The quantitative estimate of drug-likeness (QED) is 0.259. The van der Waals surface area contributed by atoms with Gasteiger partial charge >= 0.3 is 17.9 Å². The predicted octanol–water partition coefficient (Wildman–Crippen LogP) is -0.715. The average molecular weight is 145 g/mol. The van der Waals surface area contributed by atoms with Crippen LogP contribution in [0.2, 0.25) is 0 Å². The maximum Gasteiger partial charge on any atom is 0.560 e. The van der Waals surface area contributed by atoms with Gasteiger partial charge in [0.1, 0.15) is 7.11 Å². The van der Waals surface area contributed by atoms with E-state index in [-0.39, 0.29) is 11.2 Å². The molecule has 3 N–H and O–H groups in total. The second kappa shape index (κ2) is 2.71. The van der Waals surface area contributed by atoms with Gasteiger partial charge in [-0.15, -0.1) is 4.18 Å². The van der Waals surface area contributed by atoms with E-state index in [1.54, 1.807) is 0 Å². The molecule has 0 radical (unpaired) electrons. The zero-order chi connectivity index (χ0) is 5.91. The Labute approximate surface area is 44.8 Å². The summed E-state index contributed by atoms with van der Waals surface area (Å²) >= 11 is 0.266. The lowest BCUT2D eigenvalue weighted by molar-refractivity contribution is 0.359. The van der Waals surface area contributed by atoms with Gasteiger partial charge < -0.3 is 0 Å². The Bertz CT molecular complexity index is 85.6.